The van der Waals surface area contributed by atoms with Gasteiger partial charge in [0, 0.05) is 29.3 Å². The summed E-state index contributed by atoms with van der Waals surface area (Å²) in [6, 6.07) is 19.6. The Hall–Kier alpha value is -4.91. The third kappa shape index (κ3) is 5.34. The third-order valence-electron chi connectivity index (χ3n) is 7.03. The van der Waals surface area contributed by atoms with Crippen molar-refractivity contribution in [2.45, 2.75) is 16.3 Å². The van der Waals surface area contributed by atoms with E-state index in [2.05, 4.69) is 10.7 Å². The number of halogens is 1. The maximum Gasteiger partial charge on any atom is 0.340 e. The zero-order valence-electron chi connectivity index (χ0n) is 23.1. The number of benzene rings is 4. The van der Waals surface area contributed by atoms with Gasteiger partial charge in [0.2, 0.25) is 9.84 Å². The van der Waals surface area contributed by atoms with E-state index >= 15 is 0 Å². The lowest BCUT2D eigenvalue weighted by atomic mass is 10.1. The number of amides is 2. The maximum absolute atomic E-state index is 13.8. The topological polar surface area (TPSA) is 140 Å². The minimum atomic E-state index is -4.17. The standard InChI is InChI=1S/C31H24ClN3O8S/c1-41-31(38)22-15-25-26(43-12-11-42-25)16-23(22)34-29(36)19-9-10-28-24(14-19)35(33-17-18-5-4-6-20(32)13-18)30(37)21-7-2-3-8-27(21)44(28,39)40/h2-10,13-16,33H,11-12,17H2,1H3,(H,34,36). The Labute approximate surface area is 257 Å². The van der Waals surface area contributed by atoms with Crippen LogP contribution in [0.2, 0.25) is 5.02 Å². The first-order chi connectivity index (χ1) is 21.2. The van der Waals surface area contributed by atoms with Gasteiger partial charge < -0.3 is 19.5 Å². The summed E-state index contributed by atoms with van der Waals surface area (Å²) in [6.45, 7) is 0.692. The number of carbonyl (C=O) groups excluding carboxylic acids is 3. The molecule has 0 saturated carbocycles. The van der Waals surface area contributed by atoms with E-state index in [1.165, 1.54) is 55.6 Å². The van der Waals surface area contributed by atoms with E-state index in [-0.39, 0.29) is 51.0 Å². The van der Waals surface area contributed by atoms with Crippen molar-refractivity contribution in [2.24, 2.45) is 0 Å². The molecule has 11 nitrogen and oxygen atoms in total. The molecule has 4 aromatic rings. The highest BCUT2D eigenvalue weighted by Crippen LogP contribution is 2.38. The van der Waals surface area contributed by atoms with Crippen LogP contribution in [-0.2, 0) is 21.1 Å². The molecule has 0 unspecified atom stereocenters. The molecule has 0 fully saturated rings. The SMILES string of the molecule is COC(=O)c1cc2c(cc1NC(=O)c1ccc3c(c1)N(NCc1cccc(Cl)c1)C(=O)c1ccccc1S3(=O)=O)OCCO2. The molecule has 2 heterocycles. The molecule has 6 rings (SSSR count). The Morgan fingerprint density at radius 2 is 1.68 bits per heavy atom. The van der Waals surface area contributed by atoms with Gasteiger partial charge in [-0.25, -0.2) is 23.6 Å². The third-order valence-corrected chi connectivity index (χ3v) is 9.12. The van der Waals surface area contributed by atoms with Gasteiger partial charge in [-0.1, -0.05) is 35.9 Å². The summed E-state index contributed by atoms with van der Waals surface area (Å²) in [7, 11) is -2.97. The van der Waals surface area contributed by atoms with Crippen LogP contribution in [0.3, 0.4) is 0 Å². The van der Waals surface area contributed by atoms with Crippen molar-refractivity contribution in [3.05, 3.63) is 106 Å². The molecule has 13 heteroatoms. The second-order valence-electron chi connectivity index (χ2n) is 9.77. The van der Waals surface area contributed by atoms with E-state index in [0.717, 1.165) is 10.6 Å². The number of hydrogen-bond donors (Lipinski definition) is 2. The number of rotatable bonds is 6. The molecule has 2 N–H and O–H groups in total. The van der Waals surface area contributed by atoms with Gasteiger partial charge in [-0.15, -0.1) is 0 Å². The number of methoxy groups -OCH3 is 1. The first-order valence-electron chi connectivity index (χ1n) is 13.3. The van der Waals surface area contributed by atoms with Crippen LogP contribution in [0, 0.1) is 0 Å². The number of fused-ring (bicyclic) bond motifs is 3. The fourth-order valence-electron chi connectivity index (χ4n) is 4.93. The largest absolute Gasteiger partial charge is 0.486 e. The van der Waals surface area contributed by atoms with Gasteiger partial charge in [0.25, 0.3) is 11.8 Å². The van der Waals surface area contributed by atoms with Crippen LogP contribution < -0.4 is 25.2 Å². The second-order valence-corrected chi connectivity index (χ2v) is 12.1. The van der Waals surface area contributed by atoms with E-state index in [1.807, 2.05) is 0 Å². The first kappa shape index (κ1) is 29.2. The number of hydrazine groups is 1. The molecule has 0 spiro atoms. The van der Waals surface area contributed by atoms with Gasteiger partial charge in [-0.2, -0.15) is 0 Å². The average Bonchev–Trinajstić information content (AvgIpc) is 3.10. The molecule has 2 aliphatic heterocycles. The Kier molecular flexibility index (Phi) is 7.72. The molecule has 224 valence electrons. The van der Waals surface area contributed by atoms with Crippen molar-refractivity contribution >= 4 is 50.6 Å². The average molecular weight is 634 g/mol. The molecule has 44 heavy (non-hydrogen) atoms. The van der Waals surface area contributed by atoms with Gasteiger partial charge in [0.05, 0.1) is 39.4 Å². The van der Waals surface area contributed by atoms with Gasteiger partial charge in [0.15, 0.2) is 11.5 Å². The highest BCUT2D eigenvalue weighted by molar-refractivity contribution is 7.91. The lowest BCUT2D eigenvalue weighted by molar-refractivity contribution is 0.0600. The van der Waals surface area contributed by atoms with Gasteiger partial charge in [0.1, 0.15) is 13.2 Å². The van der Waals surface area contributed by atoms with Crippen LogP contribution in [0.5, 0.6) is 11.5 Å². The van der Waals surface area contributed by atoms with Gasteiger partial charge in [-0.3, -0.25) is 9.59 Å². The summed E-state index contributed by atoms with van der Waals surface area (Å²) in [4.78, 5) is 39.6. The van der Waals surface area contributed by atoms with Crippen LogP contribution in [0.15, 0.2) is 88.7 Å². The Bertz CT molecular complexity index is 1950. The maximum atomic E-state index is 13.8. The summed E-state index contributed by atoms with van der Waals surface area (Å²) in [5.41, 5.74) is 3.78. The van der Waals surface area contributed by atoms with Crippen molar-refractivity contribution in [2.75, 3.05) is 30.6 Å². The van der Waals surface area contributed by atoms with Crippen molar-refractivity contribution in [1.29, 1.82) is 0 Å². The highest BCUT2D eigenvalue weighted by atomic mass is 35.5. The van der Waals surface area contributed by atoms with Crippen molar-refractivity contribution < 1.29 is 37.0 Å². The van der Waals surface area contributed by atoms with Crippen molar-refractivity contribution in [1.82, 2.24) is 5.43 Å². The first-order valence-corrected chi connectivity index (χ1v) is 15.2. The highest BCUT2D eigenvalue weighted by Gasteiger charge is 2.36. The predicted molar refractivity (Wildman–Crippen MR) is 160 cm³/mol. The number of hydrogen-bond acceptors (Lipinski definition) is 9. The molecule has 0 atom stereocenters. The molecule has 0 saturated heterocycles. The summed E-state index contributed by atoms with van der Waals surface area (Å²) >= 11 is 6.13. The smallest absolute Gasteiger partial charge is 0.340 e. The fraction of sp³-hybridized carbons (Fsp3) is 0.129. The molecule has 0 aliphatic carbocycles. The quantitative estimate of drug-likeness (QED) is 0.290. The second kappa shape index (κ2) is 11.6. The van der Waals surface area contributed by atoms with E-state index in [1.54, 1.807) is 30.3 Å². The number of esters is 1. The summed E-state index contributed by atoms with van der Waals surface area (Å²) < 4.78 is 43.6. The lowest BCUT2D eigenvalue weighted by Gasteiger charge is -2.24. The van der Waals surface area contributed by atoms with Crippen LogP contribution >= 0.6 is 11.6 Å². The normalized spacial score (nSPS) is 14.6. The van der Waals surface area contributed by atoms with Gasteiger partial charge >= 0.3 is 5.97 Å². The number of nitrogens with zero attached hydrogens (tertiary/aromatic N) is 1. The van der Waals surface area contributed by atoms with E-state index < -0.39 is 27.6 Å². The number of sulfone groups is 1. The molecule has 2 amide bonds. The Balaban J connectivity index is 1.41. The van der Waals surface area contributed by atoms with Gasteiger partial charge in [-0.05, 0) is 48.0 Å². The van der Waals surface area contributed by atoms with Crippen LogP contribution in [-0.4, -0.2) is 46.5 Å². The monoisotopic (exact) mass is 633 g/mol. The lowest BCUT2D eigenvalue weighted by Crippen LogP contribution is -2.42. The van der Waals surface area contributed by atoms with E-state index in [0.29, 0.717) is 23.1 Å². The summed E-state index contributed by atoms with van der Waals surface area (Å²) in [5.74, 6) is -1.39. The number of anilines is 2. The van der Waals surface area contributed by atoms with Crippen LogP contribution in [0.1, 0.15) is 36.6 Å². The van der Waals surface area contributed by atoms with Crippen molar-refractivity contribution in [3.8, 4) is 11.5 Å². The van der Waals surface area contributed by atoms with Crippen LogP contribution in [0.25, 0.3) is 0 Å². The molecular formula is C31H24ClN3O8S. The predicted octanol–water partition coefficient (Wildman–Crippen LogP) is 4.65. The number of nitrogens with one attached hydrogen (secondary N) is 2. The number of ether oxygens (including phenoxy) is 3. The number of carbonyl (C=O) groups is 3. The van der Waals surface area contributed by atoms with E-state index in [4.69, 9.17) is 25.8 Å². The Morgan fingerprint density at radius 1 is 0.932 bits per heavy atom. The molecule has 0 aromatic heterocycles. The molecule has 0 bridgehead atoms. The molecule has 2 aliphatic rings. The van der Waals surface area contributed by atoms with E-state index in [9.17, 15) is 22.8 Å². The minimum absolute atomic E-state index is 0.0120. The summed E-state index contributed by atoms with van der Waals surface area (Å²) in [5, 5.41) is 4.28. The minimum Gasteiger partial charge on any atom is -0.486 e. The zero-order chi connectivity index (χ0) is 31.0. The van der Waals surface area contributed by atoms with Crippen LogP contribution in [0.4, 0.5) is 11.4 Å². The molecular weight excluding hydrogens is 610 g/mol. The fourth-order valence-corrected chi connectivity index (χ4v) is 6.75. The Morgan fingerprint density at radius 3 is 2.43 bits per heavy atom. The molecule has 4 aromatic carbocycles. The zero-order valence-corrected chi connectivity index (χ0v) is 24.7. The summed E-state index contributed by atoms with van der Waals surface area (Å²) in [6.07, 6.45) is 0. The van der Waals surface area contributed by atoms with Crippen molar-refractivity contribution in [3.63, 3.8) is 0 Å². The molecule has 0 radical (unpaired) electrons.